The molecule has 10 heteroatoms. The summed E-state index contributed by atoms with van der Waals surface area (Å²) in [6.07, 6.45) is 0.879. The van der Waals surface area contributed by atoms with Gasteiger partial charge in [-0.25, -0.2) is 22.0 Å². The summed E-state index contributed by atoms with van der Waals surface area (Å²) in [5.74, 6) is -12.6. The van der Waals surface area contributed by atoms with Gasteiger partial charge in [0.25, 0.3) is 0 Å². The van der Waals surface area contributed by atoms with Gasteiger partial charge in [0.15, 0.2) is 23.3 Å². The molecule has 0 radical (unpaired) electrons. The van der Waals surface area contributed by atoms with Crippen molar-refractivity contribution in [3.63, 3.8) is 0 Å². The molecule has 160 valence electrons. The summed E-state index contributed by atoms with van der Waals surface area (Å²) in [5.41, 5.74) is -0.516. The van der Waals surface area contributed by atoms with Gasteiger partial charge in [0.2, 0.25) is 17.6 Å². The number of hydrogen-bond donors (Lipinski definition) is 2. The number of likely N-dealkylation sites (N-methyl/N-ethyl adjacent to an activating group) is 1. The minimum Gasteiger partial charge on any atom is -0.394 e. The Kier molecular flexibility index (Phi) is 7.65. The molecule has 2 amide bonds. The van der Waals surface area contributed by atoms with Crippen LogP contribution in [0.3, 0.4) is 0 Å². The number of carbonyl (C=O) groups excluding carboxylic acids is 2. The zero-order valence-electron chi connectivity index (χ0n) is 15.6. The normalized spacial score (nSPS) is 12.1. The maximum Gasteiger partial charge on any atom is 0.247 e. The van der Waals surface area contributed by atoms with Gasteiger partial charge in [-0.3, -0.25) is 9.59 Å². The van der Waals surface area contributed by atoms with E-state index in [-0.39, 0.29) is 6.54 Å². The smallest absolute Gasteiger partial charge is 0.247 e. The van der Waals surface area contributed by atoms with Crippen molar-refractivity contribution in [2.45, 2.75) is 12.6 Å². The second kappa shape index (κ2) is 9.97. The molecule has 0 heterocycles. The minimum absolute atomic E-state index is 0.187. The molecule has 0 fully saturated rings. The molecule has 2 rings (SSSR count). The number of nitrogens with zero attached hydrogens (tertiary/aromatic N) is 1. The van der Waals surface area contributed by atoms with E-state index in [2.05, 4.69) is 5.32 Å². The first-order valence-electron chi connectivity index (χ1n) is 8.57. The van der Waals surface area contributed by atoms with E-state index in [0.717, 1.165) is 5.56 Å². The first kappa shape index (κ1) is 23.0. The van der Waals surface area contributed by atoms with Gasteiger partial charge in [0.1, 0.15) is 6.04 Å². The fourth-order valence-electron chi connectivity index (χ4n) is 2.53. The molecule has 0 aliphatic heterocycles. The molecule has 2 aromatic rings. The Morgan fingerprint density at radius 2 is 1.53 bits per heavy atom. The lowest BCUT2D eigenvalue weighted by Crippen LogP contribution is -2.48. The largest absolute Gasteiger partial charge is 0.394 e. The van der Waals surface area contributed by atoms with Gasteiger partial charge >= 0.3 is 0 Å². The van der Waals surface area contributed by atoms with Crippen molar-refractivity contribution in [2.75, 3.05) is 13.7 Å². The van der Waals surface area contributed by atoms with E-state index in [9.17, 15) is 36.6 Å². The number of rotatable bonds is 7. The summed E-state index contributed by atoms with van der Waals surface area (Å²) >= 11 is 0. The molecular formula is C20H17F5N2O3. The highest BCUT2D eigenvalue weighted by Gasteiger charge is 2.25. The van der Waals surface area contributed by atoms with Gasteiger partial charge in [-0.05, 0) is 11.6 Å². The first-order valence-corrected chi connectivity index (χ1v) is 8.57. The fraction of sp³-hybridized carbons (Fsp3) is 0.200. The lowest BCUT2D eigenvalue weighted by Gasteiger charge is -2.23. The molecule has 0 aromatic heterocycles. The monoisotopic (exact) mass is 428 g/mol. The van der Waals surface area contributed by atoms with Gasteiger partial charge < -0.3 is 15.3 Å². The average Bonchev–Trinajstić information content (AvgIpc) is 2.74. The molecule has 0 saturated carbocycles. The Balaban J connectivity index is 2.09. The highest BCUT2D eigenvalue weighted by molar-refractivity contribution is 5.95. The van der Waals surface area contributed by atoms with Crippen LogP contribution in [0.4, 0.5) is 22.0 Å². The van der Waals surface area contributed by atoms with Crippen LogP contribution in [-0.4, -0.2) is 41.5 Å². The maximum atomic E-state index is 13.6. The molecule has 0 aliphatic rings. The minimum atomic E-state index is -2.32. The second-order valence-corrected chi connectivity index (χ2v) is 6.24. The third-order valence-corrected chi connectivity index (χ3v) is 4.08. The first-order chi connectivity index (χ1) is 14.2. The number of nitrogens with one attached hydrogen (secondary N) is 1. The number of halogens is 5. The average molecular weight is 428 g/mol. The summed E-state index contributed by atoms with van der Waals surface area (Å²) in [6, 6.07) is 7.48. The number of aliphatic hydroxyl groups excluding tert-OH is 1. The number of aliphatic hydroxyl groups is 1. The quantitative estimate of drug-likeness (QED) is 0.308. The Labute approximate surface area is 168 Å². The Bertz CT molecular complexity index is 938. The van der Waals surface area contributed by atoms with Crippen LogP contribution in [0.1, 0.15) is 11.1 Å². The fourth-order valence-corrected chi connectivity index (χ4v) is 2.53. The Morgan fingerprint density at radius 3 is 2.07 bits per heavy atom. The Hall–Kier alpha value is -3.27. The summed E-state index contributed by atoms with van der Waals surface area (Å²) in [6.45, 7) is -0.591. The molecule has 0 spiro atoms. The van der Waals surface area contributed by atoms with Crippen LogP contribution in [0.5, 0.6) is 0 Å². The second-order valence-electron chi connectivity index (χ2n) is 6.24. The van der Waals surface area contributed by atoms with Crippen LogP contribution < -0.4 is 5.32 Å². The predicted octanol–water partition coefficient (Wildman–Crippen LogP) is 2.53. The molecule has 1 atom stereocenters. The zero-order chi connectivity index (χ0) is 22.4. The van der Waals surface area contributed by atoms with Crippen LogP contribution in [0.25, 0.3) is 6.08 Å². The van der Waals surface area contributed by atoms with Crippen molar-refractivity contribution < 1.29 is 36.6 Å². The predicted molar refractivity (Wildman–Crippen MR) is 97.2 cm³/mol. The third kappa shape index (κ3) is 5.20. The molecule has 30 heavy (non-hydrogen) atoms. The van der Waals surface area contributed by atoms with Gasteiger partial charge in [0, 0.05) is 19.7 Å². The van der Waals surface area contributed by atoms with Gasteiger partial charge in [-0.2, -0.15) is 0 Å². The highest BCUT2D eigenvalue weighted by atomic mass is 19.2. The van der Waals surface area contributed by atoms with Gasteiger partial charge in [-0.15, -0.1) is 0 Å². The molecule has 0 unspecified atom stereocenters. The maximum absolute atomic E-state index is 13.6. The van der Waals surface area contributed by atoms with E-state index in [1.54, 1.807) is 30.3 Å². The summed E-state index contributed by atoms with van der Waals surface area (Å²) < 4.78 is 66.6. The van der Waals surface area contributed by atoms with E-state index in [0.29, 0.717) is 12.2 Å². The highest BCUT2D eigenvalue weighted by Crippen LogP contribution is 2.23. The number of amides is 2. The SMILES string of the molecule is CN(Cc1ccccc1)C(=O)[C@H](CO)NC(=O)C=Cc1c(F)c(F)c(F)c(F)c1F. The summed E-state index contributed by atoms with van der Waals surface area (Å²) in [5, 5.41) is 11.5. The van der Waals surface area contributed by atoms with Crippen LogP contribution in [0.15, 0.2) is 36.4 Å². The van der Waals surface area contributed by atoms with Crippen molar-refractivity contribution in [2.24, 2.45) is 0 Å². The van der Waals surface area contributed by atoms with E-state index < -0.39 is 59.1 Å². The van der Waals surface area contributed by atoms with Crippen LogP contribution in [0.2, 0.25) is 0 Å². The van der Waals surface area contributed by atoms with Crippen molar-refractivity contribution in [3.05, 3.63) is 76.6 Å². The number of hydrogen-bond acceptors (Lipinski definition) is 3. The molecule has 2 aromatic carbocycles. The van der Waals surface area contributed by atoms with Crippen LogP contribution in [-0.2, 0) is 16.1 Å². The van der Waals surface area contributed by atoms with E-state index in [4.69, 9.17) is 0 Å². The van der Waals surface area contributed by atoms with Crippen molar-refractivity contribution in [1.29, 1.82) is 0 Å². The van der Waals surface area contributed by atoms with Crippen molar-refractivity contribution in [3.8, 4) is 0 Å². The van der Waals surface area contributed by atoms with E-state index in [1.165, 1.54) is 11.9 Å². The number of carbonyl (C=O) groups is 2. The summed E-state index contributed by atoms with van der Waals surface area (Å²) in [7, 11) is 1.44. The lowest BCUT2D eigenvalue weighted by molar-refractivity contribution is -0.136. The molecule has 0 bridgehead atoms. The topological polar surface area (TPSA) is 69.6 Å². The zero-order valence-corrected chi connectivity index (χ0v) is 15.6. The van der Waals surface area contributed by atoms with E-state index in [1.807, 2.05) is 0 Å². The lowest BCUT2D eigenvalue weighted by atomic mass is 10.1. The van der Waals surface area contributed by atoms with E-state index >= 15 is 0 Å². The Morgan fingerprint density at radius 1 is 1.00 bits per heavy atom. The van der Waals surface area contributed by atoms with Gasteiger partial charge in [-0.1, -0.05) is 30.3 Å². The van der Waals surface area contributed by atoms with Crippen LogP contribution >= 0.6 is 0 Å². The molecule has 2 N–H and O–H groups in total. The van der Waals surface area contributed by atoms with Crippen LogP contribution in [0, 0.1) is 29.1 Å². The molecular weight excluding hydrogens is 411 g/mol. The molecule has 0 aliphatic carbocycles. The van der Waals surface area contributed by atoms with Crippen molar-refractivity contribution >= 4 is 17.9 Å². The molecule has 0 saturated heterocycles. The molecule has 5 nitrogen and oxygen atoms in total. The third-order valence-electron chi connectivity index (χ3n) is 4.08. The summed E-state index contributed by atoms with van der Waals surface area (Å²) in [4.78, 5) is 25.6. The van der Waals surface area contributed by atoms with Crippen molar-refractivity contribution in [1.82, 2.24) is 10.2 Å². The number of benzene rings is 2. The standard InChI is InChI=1S/C20H17F5N2O3/c1-27(9-11-5-3-2-4-6-11)20(30)13(10-28)26-14(29)8-7-12-15(21)17(23)19(25)18(24)16(12)22/h2-8,13,28H,9-10H2,1H3,(H,26,29)/t13-/m0/s1. The van der Waals surface area contributed by atoms with Gasteiger partial charge in [0.05, 0.1) is 12.2 Å².